The molecule has 16 heavy (non-hydrogen) atoms. The van der Waals surface area contributed by atoms with Crippen LogP contribution in [0.15, 0.2) is 35.8 Å². The van der Waals surface area contributed by atoms with Crippen molar-refractivity contribution in [2.24, 2.45) is 11.8 Å². The van der Waals surface area contributed by atoms with Gasteiger partial charge >= 0.3 is 0 Å². The molecule has 0 N–H and O–H groups in total. The van der Waals surface area contributed by atoms with E-state index in [0.717, 1.165) is 11.8 Å². The summed E-state index contributed by atoms with van der Waals surface area (Å²) in [6.07, 6.45) is 12.5. The molecule has 0 saturated heterocycles. The molecule has 2 unspecified atom stereocenters. The minimum absolute atomic E-state index is 0.756. The van der Waals surface area contributed by atoms with Crippen LogP contribution in [0.25, 0.3) is 0 Å². The van der Waals surface area contributed by atoms with Crippen LogP contribution in [0.4, 0.5) is 0 Å². The first-order valence-electron chi connectivity index (χ1n) is 6.04. The third-order valence-corrected chi connectivity index (χ3v) is 5.01. The summed E-state index contributed by atoms with van der Waals surface area (Å²) in [5.74, 6) is 5.29. The molecule has 0 nitrogen and oxygen atoms in total. The van der Waals surface area contributed by atoms with Crippen molar-refractivity contribution in [2.75, 3.05) is 17.3 Å². The zero-order valence-corrected chi connectivity index (χ0v) is 11.9. The SMILES string of the molecule is C/C=C\SCCSCC1C=CC=CC1CC. The molecule has 2 atom stereocenters. The van der Waals surface area contributed by atoms with Gasteiger partial charge in [-0.05, 0) is 30.6 Å². The quantitative estimate of drug-likeness (QED) is 0.601. The number of thioether (sulfide) groups is 2. The lowest BCUT2D eigenvalue weighted by atomic mass is 9.88. The molecule has 0 radical (unpaired) electrons. The third-order valence-electron chi connectivity index (χ3n) is 2.74. The second-order valence-electron chi connectivity index (χ2n) is 3.92. The van der Waals surface area contributed by atoms with E-state index in [4.69, 9.17) is 0 Å². The first-order valence-corrected chi connectivity index (χ1v) is 8.24. The molecular weight excluding hydrogens is 232 g/mol. The zero-order valence-electron chi connectivity index (χ0n) is 10.3. The van der Waals surface area contributed by atoms with Crippen molar-refractivity contribution in [2.45, 2.75) is 20.3 Å². The Morgan fingerprint density at radius 3 is 2.56 bits per heavy atom. The van der Waals surface area contributed by atoms with Gasteiger partial charge in [0.2, 0.25) is 0 Å². The van der Waals surface area contributed by atoms with Crippen molar-refractivity contribution in [3.63, 3.8) is 0 Å². The Balaban J connectivity index is 2.12. The van der Waals surface area contributed by atoms with E-state index in [1.165, 1.54) is 23.7 Å². The van der Waals surface area contributed by atoms with Crippen LogP contribution in [0, 0.1) is 11.8 Å². The van der Waals surface area contributed by atoms with Gasteiger partial charge in [-0.1, -0.05) is 37.3 Å². The second kappa shape index (κ2) is 9.00. The van der Waals surface area contributed by atoms with E-state index in [2.05, 4.69) is 61.4 Å². The largest absolute Gasteiger partial charge is 0.160 e. The summed E-state index contributed by atoms with van der Waals surface area (Å²) < 4.78 is 0. The van der Waals surface area contributed by atoms with E-state index in [-0.39, 0.29) is 0 Å². The van der Waals surface area contributed by atoms with Crippen molar-refractivity contribution in [3.8, 4) is 0 Å². The van der Waals surface area contributed by atoms with Gasteiger partial charge in [0.1, 0.15) is 0 Å². The number of allylic oxidation sites excluding steroid dienone is 5. The summed E-state index contributed by atoms with van der Waals surface area (Å²) in [6.45, 7) is 4.36. The fourth-order valence-electron chi connectivity index (χ4n) is 1.81. The van der Waals surface area contributed by atoms with E-state index >= 15 is 0 Å². The normalized spacial score (nSPS) is 24.4. The van der Waals surface area contributed by atoms with E-state index < -0.39 is 0 Å². The number of hydrogen-bond acceptors (Lipinski definition) is 2. The highest BCUT2D eigenvalue weighted by molar-refractivity contribution is 8.04. The summed E-state index contributed by atoms with van der Waals surface area (Å²) in [4.78, 5) is 0. The third kappa shape index (κ3) is 5.31. The van der Waals surface area contributed by atoms with E-state index in [1.807, 2.05) is 11.8 Å². The minimum Gasteiger partial charge on any atom is -0.160 e. The van der Waals surface area contributed by atoms with Gasteiger partial charge in [-0.25, -0.2) is 0 Å². The van der Waals surface area contributed by atoms with Crippen LogP contribution >= 0.6 is 23.5 Å². The lowest BCUT2D eigenvalue weighted by molar-refractivity contribution is 0.499. The summed E-state index contributed by atoms with van der Waals surface area (Å²) in [7, 11) is 0. The molecule has 0 heterocycles. The topological polar surface area (TPSA) is 0 Å². The Bertz CT molecular complexity index is 253. The molecule has 1 aliphatic carbocycles. The summed E-state index contributed by atoms with van der Waals surface area (Å²) in [5.41, 5.74) is 0. The Morgan fingerprint density at radius 2 is 1.88 bits per heavy atom. The average Bonchev–Trinajstić information content (AvgIpc) is 2.34. The van der Waals surface area contributed by atoms with Crippen LogP contribution in [0.5, 0.6) is 0 Å². The van der Waals surface area contributed by atoms with Crippen LogP contribution in [0.2, 0.25) is 0 Å². The molecule has 1 aliphatic rings. The average molecular weight is 254 g/mol. The van der Waals surface area contributed by atoms with Crippen molar-refractivity contribution in [1.29, 1.82) is 0 Å². The summed E-state index contributed by atoms with van der Waals surface area (Å²) >= 11 is 4.00. The Labute approximate surface area is 109 Å². The van der Waals surface area contributed by atoms with Crippen LogP contribution in [-0.4, -0.2) is 17.3 Å². The van der Waals surface area contributed by atoms with E-state index in [1.54, 1.807) is 0 Å². The maximum Gasteiger partial charge on any atom is 0.00650 e. The van der Waals surface area contributed by atoms with Gasteiger partial charge in [-0.2, -0.15) is 11.8 Å². The Hall–Kier alpha value is -0.0800. The van der Waals surface area contributed by atoms with Gasteiger partial charge in [0.05, 0.1) is 0 Å². The highest BCUT2D eigenvalue weighted by Gasteiger charge is 2.16. The van der Waals surface area contributed by atoms with Crippen molar-refractivity contribution in [1.82, 2.24) is 0 Å². The van der Waals surface area contributed by atoms with Gasteiger partial charge in [0, 0.05) is 17.3 Å². The van der Waals surface area contributed by atoms with Gasteiger partial charge in [-0.15, -0.1) is 11.8 Å². The van der Waals surface area contributed by atoms with Gasteiger partial charge < -0.3 is 0 Å². The minimum atomic E-state index is 0.756. The molecule has 0 aromatic heterocycles. The van der Waals surface area contributed by atoms with Crippen molar-refractivity contribution >= 4 is 23.5 Å². The van der Waals surface area contributed by atoms with Crippen LogP contribution in [0.3, 0.4) is 0 Å². The lowest BCUT2D eigenvalue weighted by Gasteiger charge is -2.22. The summed E-state index contributed by atoms with van der Waals surface area (Å²) in [5, 5.41) is 2.18. The highest BCUT2D eigenvalue weighted by Crippen LogP contribution is 2.26. The maximum absolute atomic E-state index is 2.38. The lowest BCUT2D eigenvalue weighted by Crippen LogP contribution is -2.14. The predicted octanol–water partition coefficient (Wildman–Crippen LogP) is 4.75. The molecule has 0 aromatic carbocycles. The molecule has 0 amide bonds. The zero-order chi connectivity index (χ0) is 11.6. The molecule has 90 valence electrons. The molecule has 0 aromatic rings. The number of hydrogen-bond donors (Lipinski definition) is 0. The smallest absolute Gasteiger partial charge is 0.00650 e. The van der Waals surface area contributed by atoms with Crippen LogP contribution in [-0.2, 0) is 0 Å². The van der Waals surface area contributed by atoms with Crippen molar-refractivity contribution in [3.05, 3.63) is 35.8 Å². The standard InChI is InChI=1S/C14H22S2/c1-3-9-15-10-11-16-12-14-8-6-5-7-13(14)4-2/h3,5-9,13-14H,4,10-12H2,1-2H3/b9-3-. The molecule has 0 spiro atoms. The highest BCUT2D eigenvalue weighted by atomic mass is 32.2. The second-order valence-corrected chi connectivity index (χ2v) is 6.08. The van der Waals surface area contributed by atoms with Crippen molar-refractivity contribution < 1.29 is 0 Å². The Morgan fingerprint density at radius 1 is 1.12 bits per heavy atom. The van der Waals surface area contributed by atoms with Gasteiger partial charge in [0.25, 0.3) is 0 Å². The Kier molecular flexibility index (Phi) is 7.87. The monoisotopic (exact) mass is 254 g/mol. The number of rotatable bonds is 7. The van der Waals surface area contributed by atoms with Gasteiger partial charge in [-0.3, -0.25) is 0 Å². The molecule has 0 bridgehead atoms. The van der Waals surface area contributed by atoms with Gasteiger partial charge in [0.15, 0.2) is 0 Å². The molecular formula is C14H22S2. The fraction of sp³-hybridized carbons (Fsp3) is 0.571. The molecule has 1 rings (SSSR count). The van der Waals surface area contributed by atoms with Crippen LogP contribution in [0.1, 0.15) is 20.3 Å². The molecule has 0 fully saturated rings. The molecule has 0 saturated carbocycles. The first kappa shape index (κ1) is 14.0. The predicted molar refractivity (Wildman–Crippen MR) is 80.1 cm³/mol. The molecule has 0 aliphatic heterocycles. The summed E-state index contributed by atoms with van der Waals surface area (Å²) in [6, 6.07) is 0. The molecule has 2 heteroatoms. The fourth-order valence-corrected chi connectivity index (χ4v) is 3.79. The van der Waals surface area contributed by atoms with Crippen LogP contribution < -0.4 is 0 Å². The first-order chi connectivity index (χ1) is 7.88. The van der Waals surface area contributed by atoms with E-state index in [0.29, 0.717) is 0 Å². The maximum atomic E-state index is 2.38. The van der Waals surface area contributed by atoms with E-state index in [9.17, 15) is 0 Å².